The van der Waals surface area contributed by atoms with E-state index in [2.05, 4.69) is 4.90 Å². The minimum atomic E-state index is 0.639. The molecule has 52 valence electrons. The van der Waals surface area contributed by atoms with Gasteiger partial charge in [0.05, 0.1) is 6.54 Å². The van der Waals surface area contributed by atoms with Crippen LogP contribution in [0, 0.1) is 0 Å². The highest BCUT2D eigenvalue weighted by atomic mass is 16.1. The van der Waals surface area contributed by atoms with Crippen LogP contribution in [0.4, 0.5) is 0 Å². The lowest BCUT2D eigenvalue weighted by atomic mass is 10.1. The molecule has 0 bridgehead atoms. The van der Waals surface area contributed by atoms with Gasteiger partial charge in [-0.05, 0) is 25.9 Å². The second-order valence-electron chi connectivity index (χ2n) is 2.53. The molecule has 0 amide bonds. The van der Waals surface area contributed by atoms with Gasteiger partial charge in [0.2, 0.25) is 0 Å². The molecule has 1 aliphatic heterocycles. The summed E-state index contributed by atoms with van der Waals surface area (Å²) in [7, 11) is 0. The highest BCUT2D eigenvalue weighted by Crippen LogP contribution is 2.06. The zero-order valence-corrected chi connectivity index (χ0v) is 5.68. The number of carbonyl (C=O) groups excluding carboxylic acids is 1. The first-order chi connectivity index (χ1) is 4.43. The van der Waals surface area contributed by atoms with E-state index < -0.39 is 0 Å². The molecule has 0 saturated carbocycles. The molecule has 0 N–H and O–H groups in total. The molecule has 2 heteroatoms. The molecule has 1 heterocycles. The zero-order chi connectivity index (χ0) is 6.53. The Balaban J connectivity index is 2.15. The van der Waals surface area contributed by atoms with Gasteiger partial charge in [0.15, 0.2) is 0 Å². The molecular formula is C7H13NO. The average molecular weight is 127 g/mol. The number of hydrogen-bond donors (Lipinski definition) is 0. The van der Waals surface area contributed by atoms with E-state index in [0.29, 0.717) is 6.54 Å². The van der Waals surface area contributed by atoms with Crippen LogP contribution < -0.4 is 0 Å². The number of rotatable bonds is 2. The van der Waals surface area contributed by atoms with E-state index in [1.54, 1.807) is 0 Å². The van der Waals surface area contributed by atoms with Crippen molar-refractivity contribution in [1.82, 2.24) is 4.90 Å². The van der Waals surface area contributed by atoms with Crippen LogP contribution in [0.2, 0.25) is 0 Å². The quantitative estimate of drug-likeness (QED) is 0.508. The Morgan fingerprint density at radius 3 is 2.44 bits per heavy atom. The molecule has 0 atom stereocenters. The number of carbonyl (C=O) groups is 1. The van der Waals surface area contributed by atoms with Crippen molar-refractivity contribution in [1.29, 1.82) is 0 Å². The van der Waals surface area contributed by atoms with Crippen LogP contribution in [0.3, 0.4) is 0 Å². The molecule has 0 aromatic heterocycles. The van der Waals surface area contributed by atoms with Crippen molar-refractivity contribution in [2.24, 2.45) is 0 Å². The van der Waals surface area contributed by atoms with E-state index in [9.17, 15) is 4.79 Å². The molecule has 0 unspecified atom stereocenters. The molecule has 1 rings (SSSR count). The minimum Gasteiger partial charge on any atom is -0.302 e. The maximum absolute atomic E-state index is 10.0. The number of nitrogens with zero attached hydrogens (tertiary/aromatic N) is 1. The maximum Gasteiger partial charge on any atom is 0.133 e. The van der Waals surface area contributed by atoms with Crippen LogP contribution in [0.1, 0.15) is 19.3 Å². The Morgan fingerprint density at radius 1 is 1.22 bits per heavy atom. The van der Waals surface area contributed by atoms with Crippen molar-refractivity contribution in [3.8, 4) is 0 Å². The lowest BCUT2D eigenvalue weighted by Crippen LogP contribution is -2.31. The first-order valence-corrected chi connectivity index (χ1v) is 3.59. The van der Waals surface area contributed by atoms with Gasteiger partial charge in [0.1, 0.15) is 6.29 Å². The van der Waals surface area contributed by atoms with Gasteiger partial charge in [-0.25, -0.2) is 0 Å². The van der Waals surface area contributed by atoms with Crippen molar-refractivity contribution in [2.75, 3.05) is 19.6 Å². The van der Waals surface area contributed by atoms with Crippen molar-refractivity contribution >= 4 is 6.29 Å². The van der Waals surface area contributed by atoms with Gasteiger partial charge in [-0.1, -0.05) is 6.42 Å². The fraction of sp³-hybridized carbons (Fsp3) is 0.857. The molecule has 1 fully saturated rings. The standard InChI is InChI=1S/C7H13NO/c9-7-6-8-4-2-1-3-5-8/h7H,1-6H2. The van der Waals surface area contributed by atoms with Gasteiger partial charge in [0, 0.05) is 0 Å². The van der Waals surface area contributed by atoms with Crippen molar-refractivity contribution in [2.45, 2.75) is 19.3 Å². The molecule has 0 aromatic carbocycles. The molecule has 1 aliphatic rings. The third-order valence-corrected chi connectivity index (χ3v) is 1.78. The normalized spacial score (nSPS) is 21.8. The predicted molar refractivity (Wildman–Crippen MR) is 36.4 cm³/mol. The highest BCUT2D eigenvalue weighted by molar-refractivity contribution is 5.51. The largest absolute Gasteiger partial charge is 0.302 e. The Bertz CT molecular complexity index is 86.9. The second-order valence-corrected chi connectivity index (χ2v) is 2.53. The van der Waals surface area contributed by atoms with E-state index in [1.165, 1.54) is 19.3 Å². The summed E-state index contributed by atoms with van der Waals surface area (Å²) in [6.45, 7) is 2.89. The van der Waals surface area contributed by atoms with E-state index in [1.807, 2.05) is 0 Å². The molecule has 1 saturated heterocycles. The van der Waals surface area contributed by atoms with Gasteiger partial charge in [-0.2, -0.15) is 0 Å². The topological polar surface area (TPSA) is 20.3 Å². The van der Waals surface area contributed by atoms with Crippen LogP contribution in [0.5, 0.6) is 0 Å². The van der Waals surface area contributed by atoms with E-state index in [-0.39, 0.29) is 0 Å². The van der Waals surface area contributed by atoms with E-state index in [4.69, 9.17) is 0 Å². The molecular weight excluding hydrogens is 114 g/mol. The fourth-order valence-electron chi connectivity index (χ4n) is 1.25. The van der Waals surface area contributed by atoms with Crippen LogP contribution in [0.15, 0.2) is 0 Å². The van der Waals surface area contributed by atoms with Crippen LogP contribution in [-0.2, 0) is 4.79 Å². The third kappa shape index (κ3) is 2.14. The van der Waals surface area contributed by atoms with Gasteiger partial charge in [-0.3, -0.25) is 4.90 Å². The number of piperidine rings is 1. The van der Waals surface area contributed by atoms with Crippen LogP contribution in [-0.4, -0.2) is 30.8 Å². The summed E-state index contributed by atoms with van der Waals surface area (Å²) in [5.74, 6) is 0. The van der Waals surface area contributed by atoms with Crippen LogP contribution >= 0.6 is 0 Å². The summed E-state index contributed by atoms with van der Waals surface area (Å²) in [5.41, 5.74) is 0. The molecule has 9 heavy (non-hydrogen) atoms. The second kappa shape index (κ2) is 3.62. The summed E-state index contributed by atoms with van der Waals surface area (Å²) in [6.07, 6.45) is 4.88. The lowest BCUT2D eigenvalue weighted by Gasteiger charge is -2.23. The fourth-order valence-corrected chi connectivity index (χ4v) is 1.25. The monoisotopic (exact) mass is 127 g/mol. The molecule has 0 aromatic rings. The van der Waals surface area contributed by atoms with Gasteiger partial charge >= 0.3 is 0 Å². The summed E-state index contributed by atoms with van der Waals surface area (Å²) in [5, 5.41) is 0. The minimum absolute atomic E-state index is 0.639. The van der Waals surface area contributed by atoms with Crippen molar-refractivity contribution in [3.05, 3.63) is 0 Å². The summed E-state index contributed by atoms with van der Waals surface area (Å²) in [6, 6.07) is 0. The average Bonchev–Trinajstić information content (AvgIpc) is 1.91. The van der Waals surface area contributed by atoms with Gasteiger partial charge < -0.3 is 4.79 Å². The Labute approximate surface area is 55.8 Å². The Kier molecular flexibility index (Phi) is 2.71. The van der Waals surface area contributed by atoms with Gasteiger partial charge in [0.25, 0.3) is 0 Å². The Morgan fingerprint density at radius 2 is 1.89 bits per heavy atom. The lowest BCUT2D eigenvalue weighted by molar-refractivity contribution is -0.109. The van der Waals surface area contributed by atoms with Crippen molar-refractivity contribution in [3.63, 3.8) is 0 Å². The predicted octanol–water partition coefficient (Wildman–Crippen LogP) is 0.671. The van der Waals surface area contributed by atoms with E-state index >= 15 is 0 Å². The zero-order valence-electron chi connectivity index (χ0n) is 5.68. The third-order valence-electron chi connectivity index (χ3n) is 1.78. The van der Waals surface area contributed by atoms with Crippen LogP contribution in [0.25, 0.3) is 0 Å². The van der Waals surface area contributed by atoms with Gasteiger partial charge in [-0.15, -0.1) is 0 Å². The number of aldehydes is 1. The number of likely N-dealkylation sites (tertiary alicyclic amines) is 1. The number of hydrogen-bond acceptors (Lipinski definition) is 2. The summed E-state index contributed by atoms with van der Waals surface area (Å²) >= 11 is 0. The SMILES string of the molecule is O=CCN1CCCCC1. The summed E-state index contributed by atoms with van der Waals surface area (Å²) < 4.78 is 0. The highest BCUT2D eigenvalue weighted by Gasteiger charge is 2.07. The van der Waals surface area contributed by atoms with Crippen molar-refractivity contribution < 1.29 is 4.79 Å². The Hall–Kier alpha value is -0.370. The van der Waals surface area contributed by atoms with E-state index in [0.717, 1.165) is 19.4 Å². The smallest absolute Gasteiger partial charge is 0.133 e. The summed E-state index contributed by atoms with van der Waals surface area (Å²) in [4.78, 5) is 12.2. The maximum atomic E-state index is 10.0. The first kappa shape index (κ1) is 6.75. The molecule has 0 aliphatic carbocycles. The first-order valence-electron chi connectivity index (χ1n) is 3.59. The molecule has 2 nitrogen and oxygen atoms in total. The molecule has 0 spiro atoms. The molecule has 0 radical (unpaired) electrons.